The van der Waals surface area contributed by atoms with Gasteiger partial charge in [0.2, 0.25) is 11.9 Å². The average Bonchev–Trinajstić information content (AvgIpc) is 2.67. The van der Waals surface area contributed by atoms with E-state index in [1.807, 2.05) is 94.2 Å². The number of aliphatic imine (C=N–C) groups is 2. The Morgan fingerprint density at radius 2 is 0.939 bits per heavy atom. The molecule has 0 atom stereocenters. The van der Waals surface area contributed by atoms with Crippen LogP contribution in [0.25, 0.3) is 0 Å². The van der Waals surface area contributed by atoms with Gasteiger partial charge in [-0.15, -0.1) is 0 Å². The molecule has 11 heteroatoms. The topological polar surface area (TPSA) is 59.8 Å². The molecular weight excluding hydrogens is 435 g/mol. The second kappa shape index (κ2) is 11.8. The highest BCUT2D eigenvalue weighted by Gasteiger charge is 2.29. The van der Waals surface area contributed by atoms with Crippen LogP contribution in [0.1, 0.15) is 0 Å². The van der Waals surface area contributed by atoms with Gasteiger partial charge in [-0.2, -0.15) is 0 Å². The molecule has 0 heterocycles. The zero-order valence-electron chi connectivity index (χ0n) is 23.2. The molecule has 0 N–H and O–H groups in total. The first kappa shape index (κ1) is 28.9. The Hall–Kier alpha value is -2.13. The van der Waals surface area contributed by atoms with Crippen LogP contribution in [-0.4, -0.2) is 144 Å². The molecule has 0 aliphatic heterocycles. The van der Waals surface area contributed by atoms with Crippen molar-refractivity contribution in [3.05, 3.63) is 18.2 Å². The molecule has 1 aromatic carbocycles. The Bertz CT molecular complexity index is 850. The quantitative estimate of drug-likeness (QED) is 0.352. The van der Waals surface area contributed by atoms with Crippen LogP contribution in [0.15, 0.2) is 32.9 Å². The lowest BCUT2D eigenvalue weighted by atomic mass is 10.2. The van der Waals surface area contributed by atoms with E-state index in [2.05, 4.69) is 56.3 Å². The minimum Gasteiger partial charge on any atom is -0.349 e. The Labute approximate surface area is 202 Å². The molecule has 0 bridgehead atoms. The fraction of sp³-hybridized carbons (Fsp3) is 0.636. The van der Waals surface area contributed by atoms with E-state index in [9.17, 15) is 0 Å². The van der Waals surface area contributed by atoms with Crippen molar-refractivity contribution in [2.24, 2.45) is 14.7 Å². The number of rotatable bonds is 6. The number of guanidine groups is 2. The van der Waals surface area contributed by atoms with Gasteiger partial charge < -0.3 is 19.6 Å². The van der Waals surface area contributed by atoms with Gasteiger partial charge >= 0.3 is 0 Å². The van der Waals surface area contributed by atoms with E-state index in [-0.39, 0.29) is 0 Å². The third kappa shape index (κ3) is 6.93. The van der Waals surface area contributed by atoms with Gasteiger partial charge in [-0.25, -0.2) is 14.7 Å². The fourth-order valence-electron chi connectivity index (χ4n) is 3.66. The summed E-state index contributed by atoms with van der Waals surface area (Å²) in [5.41, 5.74) is 2.43. The van der Waals surface area contributed by atoms with E-state index in [1.54, 1.807) is 0 Å². The Balaban J connectivity index is 3.99. The largest absolute Gasteiger partial charge is 0.349 e. The van der Waals surface area contributed by atoms with Crippen molar-refractivity contribution >= 4 is 36.5 Å². The molecule has 10 nitrogen and oxygen atoms in total. The summed E-state index contributed by atoms with van der Waals surface area (Å²) in [5, 5.41) is 0. The minimum atomic E-state index is -2.15. The molecule has 0 aromatic heterocycles. The fourth-order valence-corrected chi connectivity index (χ4v) is 6.81. The van der Waals surface area contributed by atoms with Crippen LogP contribution in [0, 0.1) is 0 Å². The minimum absolute atomic E-state index is 0.778. The maximum absolute atomic E-state index is 5.33. The first-order valence-electron chi connectivity index (χ1n) is 10.8. The molecule has 0 radical (unpaired) electrons. The van der Waals surface area contributed by atoms with Crippen molar-refractivity contribution in [1.29, 1.82) is 0 Å². The van der Waals surface area contributed by atoms with Crippen LogP contribution in [0.5, 0.6) is 0 Å². The van der Waals surface area contributed by atoms with Gasteiger partial charge in [-0.05, 0) is 60.5 Å². The lowest BCUT2D eigenvalue weighted by Gasteiger charge is -2.41. The monoisotopic (exact) mass is 480 g/mol. The highest BCUT2D eigenvalue weighted by Crippen LogP contribution is 2.58. The summed E-state index contributed by atoms with van der Waals surface area (Å²) in [4.78, 5) is 17.9. The molecule has 0 aliphatic carbocycles. The second-order valence-electron chi connectivity index (χ2n) is 9.25. The molecule has 0 aliphatic rings. The van der Waals surface area contributed by atoms with Gasteiger partial charge in [0.1, 0.15) is 0 Å². The van der Waals surface area contributed by atoms with Crippen LogP contribution < -0.4 is 0 Å². The van der Waals surface area contributed by atoms with Crippen LogP contribution in [0.3, 0.4) is 0 Å². The molecule has 33 heavy (non-hydrogen) atoms. The molecule has 0 saturated carbocycles. The maximum Gasteiger partial charge on any atom is 0.200 e. The van der Waals surface area contributed by atoms with Gasteiger partial charge in [0.15, 0.2) is 7.51 Å². The van der Waals surface area contributed by atoms with Crippen LogP contribution >= 0.6 is 7.51 Å². The number of hydrogen-bond donors (Lipinski definition) is 0. The summed E-state index contributed by atoms with van der Waals surface area (Å²) in [5.74, 6) is 1.68. The van der Waals surface area contributed by atoms with E-state index in [4.69, 9.17) is 14.7 Å². The Morgan fingerprint density at radius 1 is 0.545 bits per heavy atom. The summed E-state index contributed by atoms with van der Waals surface area (Å²) in [7, 11) is 26.2. The summed E-state index contributed by atoms with van der Waals surface area (Å²) in [6.07, 6.45) is 0. The molecule has 0 saturated heterocycles. The maximum atomic E-state index is 5.33. The molecule has 188 valence electrons. The molecule has 0 spiro atoms. The standard InChI is InChI=1S/C22H45N10P/c1-26(2)21(27(3)4)23-18-15-16-19(20(17-18)24-22(28(5)6)29(7)8)25-33(30(9)10,31(11)12)32(13)14/h15-17H,1-14H3. The van der Waals surface area contributed by atoms with Crippen LogP contribution in [0.4, 0.5) is 17.1 Å². The van der Waals surface area contributed by atoms with Crippen molar-refractivity contribution < 1.29 is 0 Å². The molecule has 0 amide bonds. The Morgan fingerprint density at radius 3 is 1.30 bits per heavy atom. The number of benzene rings is 1. The van der Waals surface area contributed by atoms with Crippen LogP contribution in [-0.2, 0) is 0 Å². The lowest BCUT2D eigenvalue weighted by molar-refractivity contribution is 0.474. The third-order valence-electron chi connectivity index (χ3n) is 4.86. The summed E-state index contributed by atoms with van der Waals surface area (Å²) >= 11 is 0. The van der Waals surface area contributed by atoms with Crippen molar-refractivity contribution in [2.75, 3.05) is 98.7 Å². The van der Waals surface area contributed by atoms with Gasteiger partial charge in [0, 0.05) is 56.4 Å². The highest BCUT2D eigenvalue weighted by molar-refractivity contribution is 7.59. The van der Waals surface area contributed by atoms with Crippen LogP contribution in [0.2, 0.25) is 0 Å². The second-order valence-corrected chi connectivity index (χ2v) is 12.9. The van der Waals surface area contributed by atoms with E-state index < -0.39 is 7.51 Å². The number of nitrogens with zero attached hydrogens (tertiary/aromatic N) is 10. The van der Waals surface area contributed by atoms with E-state index in [1.165, 1.54) is 0 Å². The van der Waals surface area contributed by atoms with E-state index in [0.29, 0.717) is 0 Å². The smallest absolute Gasteiger partial charge is 0.200 e. The zero-order valence-corrected chi connectivity index (χ0v) is 24.0. The van der Waals surface area contributed by atoms with E-state index in [0.717, 1.165) is 29.0 Å². The van der Waals surface area contributed by atoms with Crippen molar-refractivity contribution in [3.8, 4) is 0 Å². The SMILES string of the molecule is CN(C)C(=Nc1ccc(N=P(N(C)C)(N(C)C)N(C)C)c(N=C(N(C)C)N(C)C)c1)N(C)C. The molecular formula is C22H45N10P. The normalized spacial score (nSPS) is 11.5. The predicted molar refractivity (Wildman–Crippen MR) is 145 cm³/mol. The molecule has 1 rings (SSSR count). The molecule has 1 aromatic rings. The first-order valence-corrected chi connectivity index (χ1v) is 12.4. The molecule has 0 fully saturated rings. The van der Waals surface area contributed by atoms with E-state index >= 15 is 0 Å². The van der Waals surface area contributed by atoms with Gasteiger partial charge in [0.25, 0.3) is 0 Å². The summed E-state index contributed by atoms with van der Waals surface area (Å²) in [6, 6.07) is 6.04. The van der Waals surface area contributed by atoms with Gasteiger partial charge in [-0.3, -0.25) is 14.0 Å². The van der Waals surface area contributed by atoms with Gasteiger partial charge in [0.05, 0.1) is 17.1 Å². The average molecular weight is 481 g/mol. The number of hydrogen-bond acceptors (Lipinski definition) is 3. The summed E-state index contributed by atoms with van der Waals surface area (Å²) < 4.78 is 11.9. The van der Waals surface area contributed by atoms with Crippen molar-refractivity contribution in [2.45, 2.75) is 0 Å². The lowest BCUT2D eigenvalue weighted by Crippen LogP contribution is -2.35. The van der Waals surface area contributed by atoms with Crippen molar-refractivity contribution in [3.63, 3.8) is 0 Å². The predicted octanol–water partition coefficient (Wildman–Crippen LogP) is 3.17. The third-order valence-corrected chi connectivity index (χ3v) is 8.56. The zero-order chi connectivity index (χ0) is 25.7. The highest BCUT2D eigenvalue weighted by atomic mass is 31.2. The van der Waals surface area contributed by atoms with Gasteiger partial charge in [-0.1, -0.05) is 0 Å². The molecule has 0 unspecified atom stereocenters. The first-order chi connectivity index (χ1) is 15.1. The Kier molecular flexibility index (Phi) is 10.4. The summed E-state index contributed by atoms with van der Waals surface area (Å²) in [6.45, 7) is 0. The van der Waals surface area contributed by atoms with Crippen molar-refractivity contribution in [1.82, 2.24) is 33.6 Å².